The molecule has 1 fully saturated rings. The fraction of sp³-hybridized carbons (Fsp3) is 0.261. The fourth-order valence-corrected chi connectivity index (χ4v) is 3.61. The van der Waals surface area contributed by atoms with Crippen LogP contribution in [0.5, 0.6) is 0 Å². The van der Waals surface area contributed by atoms with Gasteiger partial charge in [-0.2, -0.15) is 0 Å². The Labute approximate surface area is 181 Å². The maximum atomic E-state index is 12.9. The molecule has 6 nitrogen and oxygen atoms in total. The summed E-state index contributed by atoms with van der Waals surface area (Å²) in [6.07, 6.45) is 2.26. The molecule has 3 N–H and O–H groups in total. The zero-order valence-electron chi connectivity index (χ0n) is 16.8. The first kappa shape index (κ1) is 20.3. The topological polar surface area (TPSA) is 75.3 Å². The summed E-state index contributed by atoms with van der Waals surface area (Å²) in [5.41, 5.74) is 9.65. The van der Waals surface area contributed by atoms with E-state index in [1.807, 2.05) is 61.5 Å². The Morgan fingerprint density at radius 1 is 1.17 bits per heavy atom. The Kier molecular flexibility index (Phi) is 6.21. The molecule has 0 unspecified atom stereocenters. The third-order valence-electron chi connectivity index (χ3n) is 5.11. The molecule has 2 aromatic carbocycles. The number of ether oxygens (including phenoxy) is 1. The second-order valence-electron chi connectivity index (χ2n) is 7.36. The van der Waals surface area contributed by atoms with Crippen LogP contribution >= 0.6 is 12.2 Å². The third kappa shape index (κ3) is 4.75. The molecule has 1 aliphatic heterocycles. The first-order valence-corrected chi connectivity index (χ1v) is 10.4. The molecule has 30 heavy (non-hydrogen) atoms. The molecule has 2 heterocycles. The van der Waals surface area contributed by atoms with Gasteiger partial charge in [-0.15, -0.1) is 0 Å². The Hall–Kier alpha value is -3.03. The summed E-state index contributed by atoms with van der Waals surface area (Å²) in [7, 11) is 0. The zero-order chi connectivity index (χ0) is 20.9. The number of fused-ring (bicyclic) bond motifs is 1. The number of para-hydroxylation sites is 1. The molecule has 1 aromatic heterocycles. The molecule has 0 spiro atoms. The van der Waals surface area contributed by atoms with Crippen molar-refractivity contribution in [3.05, 3.63) is 65.7 Å². The molecule has 154 valence electrons. The molecule has 0 radical (unpaired) electrons. The largest absolute Gasteiger partial charge is 0.376 e. The molecular formula is C23H24N4O2S. The number of aryl methyl sites for hydroxylation is 1. The number of thiocarbonyl (C=S) groups is 1. The van der Waals surface area contributed by atoms with Crippen molar-refractivity contribution in [3.8, 4) is 11.3 Å². The molecule has 0 aliphatic carbocycles. The SMILES string of the molecule is Cc1ccc(-c2cc(C(=O)NNC(=S)NC[C@@H]3CCCO3)c3ccccc3n2)cc1. The van der Waals surface area contributed by atoms with Gasteiger partial charge in [0.2, 0.25) is 0 Å². The summed E-state index contributed by atoms with van der Waals surface area (Å²) in [6, 6.07) is 17.5. The maximum Gasteiger partial charge on any atom is 0.270 e. The lowest BCUT2D eigenvalue weighted by molar-refractivity contribution is 0.0944. The number of hydrogen-bond acceptors (Lipinski definition) is 4. The lowest BCUT2D eigenvalue weighted by Crippen LogP contribution is -2.48. The highest BCUT2D eigenvalue weighted by Gasteiger charge is 2.16. The second-order valence-corrected chi connectivity index (χ2v) is 7.77. The number of aromatic nitrogens is 1. The van der Waals surface area contributed by atoms with E-state index < -0.39 is 0 Å². The van der Waals surface area contributed by atoms with Crippen molar-refractivity contribution in [2.45, 2.75) is 25.9 Å². The van der Waals surface area contributed by atoms with Crippen LogP contribution in [0.3, 0.4) is 0 Å². The molecule has 0 saturated carbocycles. The van der Waals surface area contributed by atoms with Crippen LogP contribution in [-0.4, -0.2) is 35.3 Å². The van der Waals surface area contributed by atoms with E-state index in [4.69, 9.17) is 21.9 Å². The highest BCUT2D eigenvalue weighted by Crippen LogP contribution is 2.25. The number of rotatable bonds is 4. The Bertz CT molecular complexity index is 1060. The van der Waals surface area contributed by atoms with Gasteiger partial charge < -0.3 is 10.1 Å². The minimum atomic E-state index is -0.275. The number of benzene rings is 2. The molecule has 4 rings (SSSR count). The average molecular weight is 421 g/mol. The van der Waals surface area contributed by atoms with Crippen molar-refractivity contribution in [2.75, 3.05) is 13.2 Å². The molecule has 3 aromatic rings. The minimum absolute atomic E-state index is 0.168. The molecule has 1 saturated heterocycles. The van der Waals surface area contributed by atoms with Gasteiger partial charge in [-0.1, -0.05) is 48.0 Å². The van der Waals surface area contributed by atoms with Crippen LogP contribution in [-0.2, 0) is 4.74 Å². The molecule has 1 aliphatic rings. The minimum Gasteiger partial charge on any atom is -0.376 e. The molecule has 1 amide bonds. The van der Waals surface area contributed by atoms with E-state index in [9.17, 15) is 4.79 Å². The van der Waals surface area contributed by atoms with E-state index in [1.165, 1.54) is 5.56 Å². The van der Waals surface area contributed by atoms with Crippen LogP contribution in [0, 0.1) is 6.92 Å². The van der Waals surface area contributed by atoms with Crippen LogP contribution in [0.15, 0.2) is 54.6 Å². The van der Waals surface area contributed by atoms with Gasteiger partial charge in [0.05, 0.1) is 22.9 Å². The summed E-state index contributed by atoms with van der Waals surface area (Å²) >= 11 is 5.26. The van der Waals surface area contributed by atoms with Crippen molar-refractivity contribution in [1.82, 2.24) is 21.2 Å². The van der Waals surface area contributed by atoms with Crippen LogP contribution in [0.25, 0.3) is 22.2 Å². The summed E-state index contributed by atoms with van der Waals surface area (Å²) in [4.78, 5) is 17.7. The number of carbonyl (C=O) groups excluding carboxylic acids is 1. The average Bonchev–Trinajstić information content (AvgIpc) is 3.29. The quantitative estimate of drug-likeness (QED) is 0.443. The molecule has 1 atom stereocenters. The van der Waals surface area contributed by atoms with Crippen LogP contribution in [0.1, 0.15) is 28.8 Å². The second kappa shape index (κ2) is 9.19. The number of nitrogens with one attached hydrogen (secondary N) is 3. The Morgan fingerprint density at radius 2 is 1.97 bits per heavy atom. The van der Waals surface area contributed by atoms with E-state index in [0.717, 1.165) is 41.6 Å². The van der Waals surface area contributed by atoms with E-state index in [-0.39, 0.29) is 12.0 Å². The highest BCUT2D eigenvalue weighted by atomic mass is 32.1. The van der Waals surface area contributed by atoms with Crippen molar-refractivity contribution in [2.24, 2.45) is 0 Å². The monoisotopic (exact) mass is 420 g/mol. The van der Waals surface area contributed by atoms with Crippen molar-refractivity contribution >= 4 is 34.1 Å². The highest BCUT2D eigenvalue weighted by molar-refractivity contribution is 7.80. The lowest BCUT2D eigenvalue weighted by atomic mass is 10.0. The van der Waals surface area contributed by atoms with Crippen molar-refractivity contribution in [1.29, 1.82) is 0 Å². The number of hydrazine groups is 1. The van der Waals surface area contributed by atoms with Crippen molar-refractivity contribution in [3.63, 3.8) is 0 Å². The normalized spacial score (nSPS) is 15.7. The van der Waals surface area contributed by atoms with E-state index >= 15 is 0 Å². The number of carbonyl (C=O) groups is 1. The smallest absolute Gasteiger partial charge is 0.270 e. The summed E-state index contributed by atoms with van der Waals surface area (Å²) < 4.78 is 5.56. The van der Waals surface area contributed by atoms with E-state index in [0.29, 0.717) is 17.2 Å². The third-order valence-corrected chi connectivity index (χ3v) is 5.36. The Balaban J connectivity index is 1.50. The summed E-state index contributed by atoms with van der Waals surface area (Å²) in [5, 5.41) is 4.22. The van der Waals surface area contributed by atoms with Crippen LogP contribution < -0.4 is 16.2 Å². The maximum absolute atomic E-state index is 12.9. The van der Waals surface area contributed by atoms with Gasteiger partial charge in [-0.05, 0) is 44.1 Å². The van der Waals surface area contributed by atoms with Gasteiger partial charge in [0.15, 0.2) is 5.11 Å². The molecule has 7 heteroatoms. The lowest BCUT2D eigenvalue weighted by Gasteiger charge is -2.15. The van der Waals surface area contributed by atoms with Gasteiger partial charge in [-0.3, -0.25) is 15.6 Å². The number of amides is 1. The van der Waals surface area contributed by atoms with Gasteiger partial charge >= 0.3 is 0 Å². The predicted molar refractivity (Wildman–Crippen MR) is 122 cm³/mol. The Morgan fingerprint density at radius 3 is 2.73 bits per heavy atom. The molecular weight excluding hydrogens is 396 g/mol. The van der Waals surface area contributed by atoms with Gasteiger partial charge in [0.25, 0.3) is 5.91 Å². The molecule has 0 bridgehead atoms. The zero-order valence-corrected chi connectivity index (χ0v) is 17.6. The van der Waals surface area contributed by atoms with E-state index in [2.05, 4.69) is 16.2 Å². The summed E-state index contributed by atoms with van der Waals surface area (Å²) in [5.74, 6) is -0.275. The van der Waals surface area contributed by atoms with E-state index in [1.54, 1.807) is 0 Å². The predicted octanol–water partition coefficient (Wildman–Crippen LogP) is 3.50. The van der Waals surface area contributed by atoms with Crippen molar-refractivity contribution < 1.29 is 9.53 Å². The number of hydrogen-bond donors (Lipinski definition) is 3. The first-order valence-electron chi connectivity index (χ1n) is 10.0. The fourth-order valence-electron chi connectivity index (χ4n) is 3.47. The number of nitrogens with zero attached hydrogens (tertiary/aromatic N) is 1. The van der Waals surface area contributed by atoms with Crippen LogP contribution in [0.2, 0.25) is 0 Å². The van der Waals surface area contributed by atoms with Gasteiger partial charge in [-0.25, -0.2) is 4.98 Å². The van der Waals surface area contributed by atoms with Gasteiger partial charge in [0, 0.05) is 24.1 Å². The number of pyridine rings is 1. The standard InChI is InChI=1S/C23H24N4O2S/c1-15-8-10-16(11-9-15)21-13-19(18-6-2-3-7-20(18)25-21)22(28)26-27-23(30)24-14-17-5-4-12-29-17/h2-3,6-11,13,17H,4-5,12,14H2,1H3,(H,26,28)(H2,24,27,30)/t17-/m0/s1. The van der Waals surface area contributed by atoms with Crippen LogP contribution in [0.4, 0.5) is 0 Å². The first-order chi connectivity index (χ1) is 14.6. The van der Waals surface area contributed by atoms with Gasteiger partial charge in [0.1, 0.15) is 0 Å². The summed E-state index contributed by atoms with van der Waals surface area (Å²) in [6.45, 7) is 3.46.